The van der Waals surface area contributed by atoms with Crippen LogP contribution in [0.25, 0.3) is 22.0 Å². The Morgan fingerprint density at radius 3 is 2.73 bits per heavy atom. The third-order valence-corrected chi connectivity index (χ3v) is 7.09. The fraction of sp³-hybridized carbons (Fsp3) is 0.480. The maximum atomic E-state index is 12.9. The van der Waals surface area contributed by atoms with Gasteiger partial charge >= 0.3 is 0 Å². The van der Waals surface area contributed by atoms with Crippen LogP contribution in [-0.2, 0) is 18.3 Å². The van der Waals surface area contributed by atoms with E-state index in [4.69, 9.17) is 0 Å². The lowest BCUT2D eigenvalue weighted by molar-refractivity contribution is -0.121. The Labute approximate surface area is 178 Å². The van der Waals surface area contributed by atoms with Crippen LogP contribution in [0.1, 0.15) is 37.7 Å². The topological polar surface area (TPSA) is 51.0 Å². The molecule has 3 aromatic rings. The van der Waals surface area contributed by atoms with Gasteiger partial charge in [-0.05, 0) is 55.7 Å². The molecule has 30 heavy (non-hydrogen) atoms. The van der Waals surface area contributed by atoms with Gasteiger partial charge in [0.25, 0.3) is 0 Å². The number of Topliss-reactive ketones (excluding diaryl/α,β-unsaturated/α-hetero) is 1. The van der Waals surface area contributed by atoms with Crippen LogP contribution < -0.4 is 0 Å². The van der Waals surface area contributed by atoms with E-state index in [1.54, 1.807) is 0 Å². The number of ketones is 1. The second kappa shape index (κ2) is 7.31. The fourth-order valence-electron chi connectivity index (χ4n) is 4.69. The number of aromatic nitrogens is 3. The first-order valence-electron chi connectivity index (χ1n) is 11.0. The molecule has 2 aliphatic rings. The first kappa shape index (κ1) is 19.4. The molecule has 5 rings (SSSR count). The number of aryl methyl sites for hydroxylation is 1. The van der Waals surface area contributed by atoms with Crippen LogP contribution in [0.2, 0.25) is 0 Å². The molecule has 2 aromatic heterocycles. The van der Waals surface area contributed by atoms with E-state index in [0.717, 1.165) is 59.6 Å². The third-order valence-electron chi connectivity index (χ3n) is 7.09. The van der Waals surface area contributed by atoms with E-state index >= 15 is 0 Å². The standard InChI is InChI=1S/C25H30N4O/c1-17-26-14-23(28(17)3)18-4-5-19-13-27-22(11-21(19)10-18)12-24(30)20-6-9-29(15-20)16-25(2)7-8-25/h4-5,10-11,13-14,20H,6-9,12,15-16H2,1-3H3. The highest BCUT2D eigenvalue weighted by molar-refractivity contribution is 5.88. The molecule has 3 heterocycles. The zero-order chi connectivity index (χ0) is 20.9. The van der Waals surface area contributed by atoms with E-state index in [0.29, 0.717) is 17.6 Å². The summed E-state index contributed by atoms with van der Waals surface area (Å²) < 4.78 is 2.10. The molecule has 156 valence electrons. The molecule has 0 radical (unpaired) electrons. The molecule has 0 N–H and O–H groups in total. The molecule has 5 heteroatoms. The monoisotopic (exact) mass is 402 g/mol. The van der Waals surface area contributed by atoms with Gasteiger partial charge in [0.05, 0.1) is 11.9 Å². The lowest BCUT2D eigenvalue weighted by Gasteiger charge is -2.19. The summed E-state index contributed by atoms with van der Waals surface area (Å²) in [5.74, 6) is 1.49. The van der Waals surface area contributed by atoms with Crippen LogP contribution in [0.4, 0.5) is 0 Å². The van der Waals surface area contributed by atoms with E-state index in [2.05, 4.69) is 50.6 Å². The Bertz CT molecular complexity index is 1110. The normalized spacial score (nSPS) is 20.7. The van der Waals surface area contributed by atoms with Crippen LogP contribution in [0.3, 0.4) is 0 Å². The molecule has 1 aliphatic heterocycles. The van der Waals surface area contributed by atoms with Crippen molar-refractivity contribution in [3.05, 3.63) is 48.2 Å². The van der Waals surface area contributed by atoms with E-state index in [9.17, 15) is 4.79 Å². The highest BCUT2D eigenvalue weighted by Gasteiger charge is 2.40. The van der Waals surface area contributed by atoms with Crippen molar-refractivity contribution in [3.63, 3.8) is 0 Å². The molecule has 5 nitrogen and oxygen atoms in total. The molecule has 0 spiro atoms. The minimum atomic E-state index is 0.161. The predicted molar refractivity (Wildman–Crippen MR) is 119 cm³/mol. The lowest BCUT2D eigenvalue weighted by atomic mass is 9.98. The maximum absolute atomic E-state index is 12.9. The van der Waals surface area contributed by atoms with Gasteiger partial charge in [0, 0.05) is 55.3 Å². The number of pyridine rings is 1. The number of hydrogen-bond donors (Lipinski definition) is 0. The van der Waals surface area contributed by atoms with Gasteiger partial charge < -0.3 is 9.47 Å². The number of nitrogens with zero attached hydrogens (tertiary/aromatic N) is 4. The van der Waals surface area contributed by atoms with E-state index in [1.165, 1.54) is 12.8 Å². The Morgan fingerprint density at radius 2 is 2.00 bits per heavy atom. The smallest absolute Gasteiger partial charge is 0.143 e. The van der Waals surface area contributed by atoms with Crippen molar-refractivity contribution in [2.24, 2.45) is 18.4 Å². The quantitative estimate of drug-likeness (QED) is 0.621. The average Bonchev–Trinajstić information content (AvgIpc) is 3.11. The Hall–Kier alpha value is -2.53. The highest BCUT2D eigenvalue weighted by atomic mass is 16.1. The van der Waals surface area contributed by atoms with E-state index < -0.39 is 0 Å². The Balaban J connectivity index is 1.31. The van der Waals surface area contributed by atoms with Crippen LogP contribution in [0, 0.1) is 18.3 Å². The molecule has 2 fully saturated rings. The lowest BCUT2D eigenvalue weighted by Crippen LogP contribution is -2.29. The van der Waals surface area contributed by atoms with Gasteiger partial charge in [-0.25, -0.2) is 4.98 Å². The van der Waals surface area contributed by atoms with Gasteiger partial charge in [0.15, 0.2) is 0 Å². The number of hydrogen-bond acceptors (Lipinski definition) is 4. The van der Waals surface area contributed by atoms with Crippen LogP contribution >= 0.6 is 0 Å². The summed E-state index contributed by atoms with van der Waals surface area (Å²) in [6, 6.07) is 8.46. The zero-order valence-electron chi connectivity index (χ0n) is 18.2. The Kier molecular flexibility index (Phi) is 4.73. The number of imidazole rings is 1. The molecule has 0 bridgehead atoms. The molecule has 0 amide bonds. The van der Waals surface area contributed by atoms with Crippen molar-refractivity contribution in [2.45, 2.75) is 39.5 Å². The highest BCUT2D eigenvalue weighted by Crippen LogP contribution is 2.46. The third kappa shape index (κ3) is 3.79. The van der Waals surface area contributed by atoms with Crippen LogP contribution in [0.5, 0.6) is 0 Å². The number of likely N-dealkylation sites (tertiary alicyclic amines) is 1. The van der Waals surface area contributed by atoms with Crippen molar-refractivity contribution >= 4 is 16.6 Å². The molecular weight excluding hydrogens is 372 g/mol. The molecule has 1 saturated carbocycles. The van der Waals surface area contributed by atoms with Gasteiger partial charge in [-0.3, -0.25) is 9.78 Å². The summed E-state index contributed by atoms with van der Waals surface area (Å²) in [7, 11) is 2.03. The summed E-state index contributed by atoms with van der Waals surface area (Å²) in [6.07, 6.45) is 7.90. The van der Waals surface area contributed by atoms with Gasteiger partial charge in [-0.15, -0.1) is 0 Å². The number of carbonyl (C=O) groups is 1. The zero-order valence-corrected chi connectivity index (χ0v) is 18.2. The predicted octanol–water partition coefficient (Wildman–Crippen LogP) is 4.18. The minimum absolute atomic E-state index is 0.161. The van der Waals surface area contributed by atoms with Gasteiger partial charge in [-0.1, -0.05) is 19.1 Å². The van der Waals surface area contributed by atoms with Crippen molar-refractivity contribution in [2.75, 3.05) is 19.6 Å². The molecule has 1 aliphatic carbocycles. The molecule has 1 atom stereocenters. The number of fused-ring (bicyclic) bond motifs is 1. The van der Waals surface area contributed by atoms with Crippen LogP contribution in [-0.4, -0.2) is 44.9 Å². The van der Waals surface area contributed by atoms with Crippen molar-refractivity contribution < 1.29 is 4.79 Å². The van der Waals surface area contributed by atoms with Gasteiger partial charge in [0.1, 0.15) is 11.6 Å². The SMILES string of the molecule is Cc1ncc(-c2ccc3cnc(CC(=O)C4CCN(CC5(C)CC5)C4)cc3c2)n1C. The van der Waals surface area contributed by atoms with E-state index in [-0.39, 0.29) is 5.92 Å². The van der Waals surface area contributed by atoms with Crippen LogP contribution in [0.15, 0.2) is 36.7 Å². The second-order valence-electron chi connectivity index (χ2n) is 9.66. The largest absolute Gasteiger partial charge is 0.331 e. The van der Waals surface area contributed by atoms with Crippen molar-refractivity contribution in [3.8, 4) is 11.3 Å². The maximum Gasteiger partial charge on any atom is 0.143 e. The van der Waals surface area contributed by atoms with Gasteiger partial charge in [-0.2, -0.15) is 0 Å². The number of rotatable bonds is 6. The minimum Gasteiger partial charge on any atom is -0.331 e. The number of carbonyl (C=O) groups excluding carboxylic acids is 1. The molecular formula is C25H30N4O. The summed E-state index contributed by atoms with van der Waals surface area (Å²) in [4.78, 5) is 24.4. The second-order valence-corrected chi connectivity index (χ2v) is 9.66. The van der Waals surface area contributed by atoms with E-state index in [1.807, 2.05) is 26.4 Å². The average molecular weight is 403 g/mol. The summed E-state index contributed by atoms with van der Waals surface area (Å²) >= 11 is 0. The number of benzene rings is 1. The first-order chi connectivity index (χ1) is 14.4. The van der Waals surface area contributed by atoms with Crippen molar-refractivity contribution in [1.82, 2.24) is 19.4 Å². The Morgan fingerprint density at radius 1 is 1.17 bits per heavy atom. The van der Waals surface area contributed by atoms with Gasteiger partial charge in [0.2, 0.25) is 0 Å². The van der Waals surface area contributed by atoms with Crippen molar-refractivity contribution in [1.29, 1.82) is 0 Å². The summed E-state index contributed by atoms with van der Waals surface area (Å²) in [6.45, 7) is 7.51. The summed E-state index contributed by atoms with van der Waals surface area (Å²) in [5, 5.41) is 2.22. The molecule has 1 aromatic carbocycles. The first-order valence-corrected chi connectivity index (χ1v) is 11.0. The molecule has 1 saturated heterocycles. The fourth-order valence-corrected chi connectivity index (χ4v) is 4.69. The summed E-state index contributed by atoms with van der Waals surface area (Å²) in [5.41, 5.74) is 3.62. The molecule has 1 unspecified atom stereocenters.